The molecule has 1 aliphatic heterocycles. The molecule has 11 heavy (non-hydrogen) atoms. The van der Waals surface area contributed by atoms with Crippen LogP contribution >= 0.6 is 15.9 Å². The molecule has 3 N–H and O–H groups in total. The lowest BCUT2D eigenvalue weighted by Gasteiger charge is -2.33. The van der Waals surface area contributed by atoms with Crippen molar-refractivity contribution >= 4 is 15.9 Å². The average molecular weight is 227 g/mol. The summed E-state index contributed by atoms with van der Waals surface area (Å²) in [5.74, 6) is 0. The van der Waals surface area contributed by atoms with E-state index < -0.39 is 23.3 Å². The number of rotatable bonds is 1. The van der Waals surface area contributed by atoms with Gasteiger partial charge in [-0.2, -0.15) is 0 Å². The van der Waals surface area contributed by atoms with Gasteiger partial charge in [0.05, 0.1) is 18.8 Å². The molecule has 2 unspecified atom stereocenters. The number of ether oxygens (including phenoxy) is 1. The van der Waals surface area contributed by atoms with E-state index in [2.05, 4.69) is 15.9 Å². The predicted octanol–water partition coefficient (Wildman–Crippen LogP) is -0.790. The molecular formula is C6H11BrO4. The maximum absolute atomic E-state index is 9.19. The molecule has 0 aliphatic carbocycles. The molecule has 4 nitrogen and oxygen atoms in total. The molecule has 0 bridgehead atoms. The molecule has 0 spiro atoms. The minimum absolute atomic E-state index is 0.226. The van der Waals surface area contributed by atoms with E-state index in [4.69, 9.17) is 14.9 Å². The fourth-order valence-electron chi connectivity index (χ4n) is 1.02. The van der Waals surface area contributed by atoms with Gasteiger partial charge in [-0.05, 0) is 0 Å². The van der Waals surface area contributed by atoms with Crippen LogP contribution in [0.15, 0.2) is 0 Å². The summed E-state index contributed by atoms with van der Waals surface area (Å²) in [6.45, 7) is -0.226. The zero-order chi connectivity index (χ0) is 8.43. The van der Waals surface area contributed by atoms with Gasteiger partial charge in [0.25, 0.3) is 0 Å². The Balaban J connectivity index is 2.48. The summed E-state index contributed by atoms with van der Waals surface area (Å²) in [6, 6.07) is 0. The number of halogens is 1. The van der Waals surface area contributed by atoms with Gasteiger partial charge in [0.15, 0.2) is 0 Å². The predicted molar refractivity (Wildman–Crippen MR) is 41.3 cm³/mol. The van der Waals surface area contributed by atoms with E-state index in [0.29, 0.717) is 0 Å². The van der Waals surface area contributed by atoms with E-state index in [1.165, 1.54) is 0 Å². The van der Waals surface area contributed by atoms with Gasteiger partial charge in [-0.25, -0.2) is 0 Å². The van der Waals surface area contributed by atoms with Crippen molar-refractivity contribution in [2.24, 2.45) is 0 Å². The molecule has 1 fully saturated rings. The molecule has 66 valence electrons. The van der Waals surface area contributed by atoms with Gasteiger partial charge in [-0.15, -0.1) is 0 Å². The number of alkyl halides is 1. The maximum atomic E-state index is 9.19. The summed E-state index contributed by atoms with van der Waals surface area (Å²) in [7, 11) is 0. The third-order valence-electron chi connectivity index (χ3n) is 1.70. The van der Waals surface area contributed by atoms with Crippen molar-refractivity contribution in [3.8, 4) is 0 Å². The number of aliphatic hydroxyl groups is 3. The zero-order valence-electron chi connectivity index (χ0n) is 5.85. The van der Waals surface area contributed by atoms with E-state index in [9.17, 15) is 5.11 Å². The zero-order valence-corrected chi connectivity index (χ0v) is 7.44. The lowest BCUT2D eigenvalue weighted by Crippen LogP contribution is -2.46. The standard InChI is InChI=1S/C6H11BrO4/c7-6-4(10)1-3(9)5(2-8)11-6/h3-6,8-10H,1-2H2/t3-,4?,5?,6-/m1/s1. The molecule has 0 radical (unpaired) electrons. The van der Waals surface area contributed by atoms with Crippen molar-refractivity contribution in [2.45, 2.75) is 29.7 Å². The highest BCUT2D eigenvalue weighted by Gasteiger charge is 2.34. The minimum atomic E-state index is -0.774. The highest BCUT2D eigenvalue weighted by Crippen LogP contribution is 2.23. The van der Waals surface area contributed by atoms with Crippen molar-refractivity contribution in [1.29, 1.82) is 0 Å². The Morgan fingerprint density at radius 1 is 1.36 bits per heavy atom. The Bertz CT molecular complexity index is 132. The van der Waals surface area contributed by atoms with Crippen molar-refractivity contribution in [3.05, 3.63) is 0 Å². The Morgan fingerprint density at radius 3 is 2.55 bits per heavy atom. The summed E-state index contributed by atoms with van der Waals surface area (Å²) in [5.41, 5.74) is 0. The number of aliphatic hydroxyl groups excluding tert-OH is 3. The SMILES string of the molecule is OCC1O[C@@H](Br)C(O)C[C@H]1O. The smallest absolute Gasteiger partial charge is 0.138 e. The Kier molecular flexibility index (Phi) is 3.27. The molecule has 0 saturated carbocycles. The van der Waals surface area contributed by atoms with Gasteiger partial charge in [0.1, 0.15) is 11.1 Å². The summed E-state index contributed by atoms with van der Waals surface area (Å²) in [6.07, 6.45) is -1.82. The molecule has 0 aromatic rings. The number of hydrogen-bond donors (Lipinski definition) is 3. The van der Waals surface area contributed by atoms with Crippen LogP contribution < -0.4 is 0 Å². The first kappa shape index (κ1) is 9.41. The van der Waals surface area contributed by atoms with Crippen LogP contribution in [0.3, 0.4) is 0 Å². The van der Waals surface area contributed by atoms with E-state index in [0.717, 1.165) is 0 Å². The van der Waals surface area contributed by atoms with E-state index in [1.54, 1.807) is 0 Å². The molecule has 1 heterocycles. The normalized spacial score (nSPS) is 45.8. The first-order valence-corrected chi connectivity index (χ1v) is 4.33. The third kappa shape index (κ3) is 2.13. The molecular weight excluding hydrogens is 216 g/mol. The Hall–Kier alpha value is 0.320. The van der Waals surface area contributed by atoms with Crippen LogP contribution in [0.5, 0.6) is 0 Å². The van der Waals surface area contributed by atoms with E-state index in [1.807, 2.05) is 0 Å². The molecule has 5 heteroatoms. The lowest BCUT2D eigenvalue weighted by atomic mass is 10.0. The van der Waals surface area contributed by atoms with E-state index >= 15 is 0 Å². The maximum Gasteiger partial charge on any atom is 0.138 e. The molecule has 1 saturated heterocycles. The first-order chi connectivity index (χ1) is 5.15. The van der Waals surface area contributed by atoms with Gasteiger partial charge < -0.3 is 20.1 Å². The van der Waals surface area contributed by atoms with Gasteiger partial charge in [-0.1, -0.05) is 15.9 Å². The summed E-state index contributed by atoms with van der Waals surface area (Å²) >= 11 is 3.07. The summed E-state index contributed by atoms with van der Waals surface area (Å²) in [5, 5.41) is 26.5. The van der Waals surface area contributed by atoms with Crippen molar-refractivity contribution in [3.63, 3.8) is 0 Å². The average Bonchev–Trinajstić information content (AvgIpc) is 1.97. The number of hydrogen-bond acceptors (Lipinski definition) is 4. The van der Waals surface area contributed by atoms with Crippen LogP contribution in [-0.2, 0) is 4.74 Å². The molecule has 1 aliphatic rings. The first-order valence-electron chi connectivity index (χ1n) is 3.41. The largest absolute Gasteiger partial charge is 0.394 e. The molecule has 4 atom stereocenters. The van der Waals surface area contributed by atoms with Crippen LogP contribution in [0.4, 0.5) is 0 Å². The fourth-order valence-corrected chi connectivity index (χ4v) is 1.51. The fraction of sp³-hybridized carbons (Fsp3) is 1.00. The van der Waals surface area contributed by atoms with Crippen LogP contribution in [0, 0.1) is 0 Å². The van der Waals surface area contributed by atoms with Crippen LogP contribution in [0.25, 0.3) is 0 Å². The second-order valence-electron chi connectivity index (χ2n) is 2.58. The van der Waals surface area contributed by atoms with Crippen molar-refractivity contribution in [1.82, 2.24) is 0 Å². The van der Waals surface area contributed by atoms with Crippen molar-refractivity contribution in [2.75, 3.05) is 6.61 Å². The Morgan fingerprint density at radius 2 is 2.00 bits per heavy atom. The monoisotopic (exact) mass is 226 g/mol. The molecule has 0 aromatic carbocycles. The second-order valence-corrected chi connectivity index (χ2v) is 3.48. The summed E-state index contributed by atoms with van der Waals surface area (Å²) < 4.78 is 5.03. The van der Waals surface area contributed by atoms with Gasteiger partial charge >= 0.3 is 0 Å². The van der Waals surface area contributed by atoms with Gasteiger partial charge in [-0.3, -0.25) is 0 Å². The minimum Gasteiger partial charge on any atom is -0.394 e. The second kappa shape index (κ2) is 3.82. The highest BCUT2D eigenvalue weighted by atomic mass is 79.9. The summed E-state index contributed by atoms with van der Waals surface area (Å²) in [4.78, 5) is 0. The molecule has 0 amide bonds. The van der Waals surface area contributed by atoms with Gasteiger partial charge in [0, 0.05) is 6.42 Å². The lowest BCUT2D eigenvalue weighted by molar-refractivity contribution is -0.147. The topological polar surface area (TPSA) is 69.9 Å². The third-order valence-corrected chi connectivity index (χ3v) is 2.53. The Labute approximate surface area is 72.9 Å². The molecule has 0 aromatic heterocycles. The quantitative estimate of drug-likeness (QED) is 0.513. The van der Waals surface area contributed by atoms with Crippen LogP contribution in [0.1, 0.15) is 6.42 Å². The van der Waals surface area contributed by atoms with Crippen LogP contribution in [0.2, 0.25) is 0 Å². The van der Waals surface area contributed by atoms with Gasteiger partial charge in [0.2, 0.25) is 0 Å². The molecule has 1 rings (SSSR count). The van der Waals surface area contributed by atoms with Crippen LogP contribution in [-0.4, -0.2) is 45.3 Å². The van der Waals surface area contributed by atoms with Crippen molar-refractivity contribution < 1.29 is 20.1 Å². The highest BCUT2D eigenvalue weighted by molar-refractivity contribution is 9.09. The van der Waals surface area contributed by atoms with E-state index in [-0.39, 0.29) is 13.0 Å².